The Balaban J connectivity index is 1.95. The summed E-state index contributed by atoms with van der Waals surface area (Å²) in [6.45, 7) is 1.90. The van der Waals surface area contributed by atoms with E-state index < -0.39 is 0 Å². The molecular formula is C15H14ClN3S. The first-order valence-electron chi connectivity index (χ1n) is 6.07. The van der Waals surface area contributed by atoms with Crippen molar-refractivity contribution in [3.05, 3.63) is 65.2 Å². The number of nitrogens with zero attached hydrogens (tertiary/aromatic N) is 1. The van der Waals surface area contributed by atoms with Crippen LogP contribution in [0.5, 0.6) is 0 Å². The van der Waals surface area contributed by atoms with E-state index in [0.29, 0.717) is 10.1 Å². The molecule has 2 rings (SSSR count). The maximum Gasteiger partial charge on any atom is 0.191 e. The van der Waals surface area contributed by atoms with Crippen molar-refractivity contribution >= 4 is 40.3 Å². The van der Waals surface area contributed by atoms with E-state index in [1.807, 2.05) is 61.5 Å². The summed E-state index contributed by atoms with van der Waals surface area (Å²) < 4.78 is 0. The van der Waals surface area contributed by atoms with Crippen LogP contribution in [0.25, 0.3) is 0 Å². The number of rotatable bonds is 3. The maximum atomic E-state index is 5.85. The van der Waals surface area contributed by atoms with Crippen LogP contribution < -0.4 is 10.7 Å². The van der Waals surface area contributed by atoms with Gasteiger partial charge in [0.25, 0.3) is 0 Å². The van der Waals surface area contributed by atoms with Crippen molar-refractivity contribution in [2.75, 3.05) is 5.32 Å². The molecule has 0 amide bonds. The zero-order valence-corrected chi connectivity index (χ0v) is 12.5. The van der Waals surface area contributed by atoms with Gasteiger partial charge in [-0.3, -0.25) is 5.43 Å². The minimum absolute atomic E-state index is 0.449. The van der Waals surface area contributed by atoms with E-state index in [9.17, 15) is 0 Å². The quantitative estimate of drug-likeness (QED) is 0.510. The number of hydrogen-bond acceptors (Lipinski definition) is 2. The van der Waals surface area contributed by atoms with Crippen LogP contribution in [-0.4, -0.2) is 10.8 Å². The maximum absolute atomic E-state index is 5.85. The first-order valence-corrected chi connectivity index (χ1v) is 6.86. The van der Waals surface area contributed by atoms with Crippen molar-refractivity contribution in [3.63, 3.8) is 0 Å². The van der Waals surface area contributed by atoms with E-state index in [1.165, 1.54) is 0 Å². The van der Waals surface area contributed by atoms with Crippen LogP contribution in [0.3, 0.4) is 0 Å². The Morgan fingerprint density at radius 3 is 2.35 bits per heavy atom. The van der Waals surface area contributed by atoms with E-state index >= 15 is 0 Å². The Labute approximate surface area is 128 Å². The molecule has 0 unspecified atom stereocenters. The van der Waals surface area contributed by atoms with Crippen molar-refractivity contribution in [2.24, 2.45) is 5.10 Å². The lowest BCUT2D eigenvalue weighted by molar-refractivity contribution is 1.04. The molecular weight excluding hydrogens is 290 g/mol. The standard InChI is InChI=1S/C15H14ClN3S/c1-11(12-7-9-13(16)10-8-12)18-19-15(20)17-14-5-3-2-4-6-14/h2-10H,1H3,(H2,17,19,20)/b18-11-. The summed E-state index contributed by atoms with van der Waals surface area (Å²) in [6.07, 6.45) is 0. The number of thiocarbonyl (C=S) groups is 1. The van der Waals surface area contributed by atoms with E-state index in [4.69, 9.17) is 23.8 Å². The highest BCUT2D eigenvalue weighted by Gasteiger charge is 1.99. The van der Waals surface area contributed by atoms with Crippen LogP contribution in [0.1, 0.15) is 12.5 Å². The molecule has 2 aromatic carbocycles. The van der Waals surface area contributed by atoms with Crippen molar-refractivity contribution in [2.45, 2.75) is 6.92 Å². The lowest BCUT2D eigenvalue weighted by atomic mass is 10.1. The third-order valence-corrected chi connectivity index (χ3v) is 3.06. The van der Waals surface area contributed by atoms with Crippen molar-refractivity contribution in [1.29, 1.82) is 0 Å². The summed E-state index contributed by atoms with van der Waals surface area (Å²) in [6, 6.07) is 17.2. The number of hydrogen-bond donors (Lipinski definition) is 2. The number of anilines is 1. The molecule has 0 aliphatic carbocycles. The molecule has 5 heteroatoms. The van der Waals surface area contributed by atoms with Crippen molar-refractivity contribution in [3.8, 4) is 0 Å². The van der Waals surface area contributed by atoms with Crippen molar-refractivity contribution < 1.29 is 0 Å². The molecule has 0 aliphatic heterocycles. The summed E-state index contributed by atoms with van der Waals surface area (Å²) in [7, 11) is 0. The second kappa shape index (κ2) is 7.03. The molecule has 0 atom stereocenters. The van der Waals surface area contributed by atoms with Crippen LogP contribution in [0.15, 0.2) is 59.7 Å². The predicted molar refractivity (Wildman–Crippen MR) is 89.5 cm³/mol. The van der Waals surface area contributed by atoms with Gasteiger partial charge in [0, 0.05) is 10.7 Å². The van der Waals surface area contributed by atoms with E-state index in [-0.39, 0.29) is 0 Å². The first-order chi connectivity index (χ1) is 9.65. The highest BCUT2D eigenvalue weighted by molar-refractivity contribution is 7.80. The Kier molecular flexibility index (Phi) is 5.09. The molecule has 0 aliphatic rings. The summed E-state index contributed by atoms with van der Waals surface area (Å²) in [4.78, 5) is 0. The average molecular weight is 304 g/mol. The number of benzene rings is 2. The van der Waals surface area contributed by atoms with Crippen molar-refractivity contribution in [1.82, 2.24) is 5.43 Å². The largest absolute Gasteiger partial charge is 0.331 e. The fourth-order valence-corrected chi connectivity index (χ4v) is 1.86. The van der Waals surface area contributed by atoms with E-state index in [0.717, 1.165) is 17.0 Å². The molecule has 0 saturated carbocycles. The summed E-state index contributed by atoms with van der Waals surface area (Å²) >= 11 is 11.0. The van der Waals surface area contributed by atoms with Gasteiger partial charge in [0.05, 0.1) is 5.71 Å². The molecule has 2 N–H and O–H groups in total. The van der Waals surface area contributed by atoms with Gasteiger partial charge in [0.1, 0.15) is 0 Å². The molecule has 102 valence electrons. The normalized spacial score (nSPS) is 11.0. The van der Waals surface area contributed by atoms with Crippen LogP contribution >= 0.6 is 23.8 Å². The fourth-order valence-electron chi connectivity index (χ4n) is 1.57. The number of nitrogens with one attached hydrogen (secondary N) is 2. The zero-order chi connectivity index (χ0) is 14.4. The molecule has 0 aromatic heterocycles. The molecule has 2 aromatic rings. The summed E-state index contributed by atoms with van der Waals surface area (Å²) in [5.74, 6) is 0. The van der Waals surface area contributed by atoms with Gasteiger partial charge in [-0.25, -0.2) is 0 Å². The van der Waals surface area contributed by atoms with E-state index in [2.05, 4.69) is 15.8 Å². The van der Waals surface area contributed by atoms with Gasteiger partial charge in [-0.2, -0.15) is 5.10 Å². The molecule has 20 heavy (non-hydrogen) atoms. The van der Waals surface area contributed by atoms with Crippen LogP contribution in [-0.2, 0) is 0 Å². The second-order valence-corrected chi connectivity index (χ2v) is 4.98. The van der Waals surface area contributed by atoms with Crippen LogP contribution in [0.2, 0.25) is 5.02 Å². The molecule has 3 nitrogen and oxygen atoms in total. The highest BCUT2D eigenvalue weighted by atomic mass is 35.5. The third-order valence-electron chi connectivity index (χ3n) is 2.62. The molecule has 0 saturated heterocycles. The molecule has 0 heterocycles. The van der Waals surface area contributed by atoms with Gasteiger partial charge in [0.15, 0.2) is 5.11 Å². The lowest BCUT2D eigenvalue weighted by Gasteiger charge is -2.07. The molecule has 0 radical (unpaired) electrons. The van der Waals surface area contributed by atoms with Crippen LogP contribution in [0.4, 0.5) is 5.69 Å². The number of hydrazone groups is 1. The lowest BCUT2D eigenvalue weighted by Crippen LogP contribution is -2.24. The monoisotopic (exact) mass is 303 g/mol. The average Bonchev–Trinajstić information content (AvgIpc) is 2.46. The fraction of sp³-hybridized carbons (Fsp3) is 0.0667. The van der Waals surface area contributed by atoms with Gasteiger partial charge >= 0.3 is 0 Å². The SMILES string of the molecule is C/C(=N/NC(=S)Nc1ccccc1)c1ccc(Cl)cc1. The Morgan fingerprint density at radius 2 is 1.70 bits per heavy atom. The minimum atomic E-state index is 0.449. The Hall–Kier alpha value is -1.91. The summed E-state index contributed by atoms with van der Waals surface area (Å²) in [5.41, 5.74) is 5.56. The predicted octanol–water partition coefficient (Wildman–Crippen LogP) is 4.05. The zero-order valence-electron chi connectivity index (χ0n) is 10.9. The Bertz CT molecular complexity index is 609. The minimum Gasteiger partial charge on any atom is -0.331 e. The molecule has 0 spiro atoms. The van der Waals surface area contributed by atoms with Crippen LogP contribution in [0, 0.1) is 0 Å². The first kappa shape index (κ1) is 14.5. The summed E-state index contributed by atoms with van der Waals surface area (Å²) in [5, 5.41) is 8.44. The van der Waals surface area contributed by atoms with Gasteiger partial charge in [-0.15, -0.1) is 0 Å². The third kappa shape index (κ3) is 4.33. The smallest absolute Gasteiger partial charge is 0.191 e. The molecule has 0 fully saturated rings. The van der Waals surface area contributed by atoms with Gasteiger partial charge in [-0.1, -0.05) is 41.9 Å². The molecule has 0 bridgehead atoms. The Morgan fingerprint density at radius 1 is 1.05 bits per heavy atom. The van der Waals surface area contributed by atoms with E-state index in [1.54, 1.807) is 0 Å². The van der Waals surface area contributed by atoms with Gasteiger partial charge in [-0.05, 0) is 49.0 Å². The topological polar surface area (TPSA) is 36.4 Å². The second-order valence-electron chi connectivity index (χ2n) is 4.14. The number of halogens is 1. The number of para-hydroxylation sites is 1. The highest BCUT2D eigenvalue weighted by Crippen LogP contribution is 2.10. The van der Waals surface area contributed by atoms with Gasteiger partial charge in [0.2, 0.25) is 0 Å². The van der Waals surface area contributed by atoms with Gasteiger partial charge < -0.3 is 5.32 Å².